The van der Waals surface area contributed by atoms with Gasteiger partial charge in [-0.05, 0) is 43.8 Å². The second-order valence-electron chi connectivity index (χ2n) is 5.87. The third-order valence-electron chi connectivity index (χ3n) is 4.52. The predicted molar refractivity (Wildman–Crippen MR) is 86.7 cm³/mol. The number of benzene rings is 1. The molecule has 1 heterocycles. The van der Waals surface area contributed by atoms with Crippen molar-refractivity contribution in [3.8, 4) is 5.75 Å². The zero-order valence-corrected chi connectivity index (χ0v) is 12.8. The van der Waals surface area contributed by atoms with Gasteiger partial charge in [-0.25, -0.2) is 0 Å². The Labute approximate surface area is 117 Å². The molecule has 5 heteroatoms. The lowest BCUT2D eigenvalue weighted by molar-refractivity contribution is 0.232. The molecule has 2 rings (SSSR count). The standard InChI is InChI=1S/C14H22B2N2O/c1-14(16,17(2)3)13(15)18-8-7-10-9-11(19-4)5-6-12(10)18/h5-9,13H,15-16H2,1-4H3/t13?,14-/m1/s1. The molecule has 0 radical (unpaired) electrons. The molecule has 0 aliphatic carbocycles. The summed E-state index contributed by atoms with van der Waals surface area (Å²) in [4.78, 5) is 2.27. The van der Waals surface area contributed by atoms with E-state index in [1.807, 2.05) is 6.07 Å². The number of likely N-dealkylation sites (N-methyl/N-ethyl adjacent to an activating group) is 1. The van der Waals surface area contributed by atoms with Crippen LogP contribution in [0.4, 0.5) is 0 Å². The van der Waals surface area contributed by atoms with Crippen LogP contribution in [-0.4, -0.2) is 51.8 Å². The summed E-state index contributed by atoms with van der Waals surface area (Å²) in [6.07, 6.45) is 2.17. The van der Waals surface area contributed by atoms with Crippen LogP contribution in [0.15, 0.2) is 30.5 Å². The lowest BCUT2D eigenvalue weighted by Gasteiger charge is -2.40. The molecule has 0 N–H and O–H groups in total. The minimum absolute atomic E-state index is 0.0892. The predicted octanol–water partition coefficient (Wildman–Crippen LogP) is 0.693. The first-order valence-electron chi connectivity index (χ1n) is 6.70. The molecule has 0 saturated carbocycles. The number of ether oxygens (including phenoxy) is 1. The number of fused-ring (bicyclic) bond motifs is 1. The maximum atomic E-state index is 5.28. The van der Waals surface area contributed by atoms with Crippen molar-refractivity contribution in [2.75, 3.05) is 21.2 Å². The molecule has 0 fully saturated rings. The van der Waals surface area contributed by atoms with Crippen molar-refractivity contribution in [1.29, 1.82) is 0 Å². The summed E-state index contributed by atoms with van der Waals surface area (Å²) in [6.45, 7) is 2.27. The molecule has 19 heavy (non-hydrogen) atoms. The van der Waals surface area contributed by atoms with Gasteiger partial charge in [-0.15, -0.1) is 0 Å². The van der Waals surface area contributed by atoms with Crippen molar-refractivity contribution in [2.24, 2.45) is 0 Å². The van der Waals surface area contributed by atoms with Gasteiger partial charge in [0.25, 0.3) is 0 Å². The fraction of sp³-hybridized carbons (Fsp3) is 0.429. The molecule has 1 aromatic heterocycles. The minimum Gasteiger partial charge on any atom is -0.497 e. The van der Waals surface area contributed by atoms with Gasteiger partial charge in [0.1, 0.15) is 21.4 Å². The zero-order chi connectivity index (χ0) is 14.2. The van der Waals surface area contributed by atoms with E-state index in [2.05, 4.69) is 70.6 Å². The summed E-state index contributed by atoms with van der Waals surface area (Å²) < 4.78 is 7.62. The summed E-state index contributed by atoms with van der Waals surface area (Å²) >= 11 is 0. The van der Waals surface area contributed by atoms with E-state index in [0.29, 0.717) is 5.94 Å². The highest BCUT2D eigenvalue weighted by Gasteiger charge is 2.29. The molecule has 0 spiro atoms. The monoisotopic (exact) mass is 256 g/mol. The van der Waals surface area contributed by atoms with Gasteiger partial charge >= 0.3 is 0 Å². The first-order chi connectivity index (χ1) is 8.87. The van der Waals surface area contributed by atoms with Crippen LogP contribution in [0.25, 0.3) is 10.9 Å². The van der Waals surface area contributed by atoms with Crippen molar-refractivity contribution in [3.05, 3.63) is 30.5 Å². The molecule has 2 aromatic rings. The summed E-state index contributed by atoms with van der Waals surface area (Å²) in [5, 5.41) is 1.22. The Hall–Kier alpha value is -1.35. The second-order valence-corrected chi connectivity index (χ2v) is 5.87. The highest BCUT2D eigenvalue weighted by Crippen LogP contribution is 2.28. The number of hydrogen-bond donors (Lipinski definition) is 0. The Morgan fingerprint density at radius 3 is 2.58 bits per heavy atom. The molecule has 0 amide bonds. The third kappa shape index (κ3) is 2.39. The average molecular weight is 256 g/mol. The van der Waals surface area contributed by atoms with Crippen molar-refractivity contribution >= 4 is 26.6 Å². The van der Waals surface area contributed by atoms with E-state index in [1.165, 1.54) is 10.9 Å². The summed E-state index contributed by atoms with van der Waals surface area (Å²) in [7, 11) is 10.5. The molecule has 0 aliphatic heterocycles. The lowest BCUT2D eigenvalue weighted by Crippen LogP contribution is -2.49. The second kappa shape index (κ2) is 4.97. The fourth-order valence-electron chi connectivity index (χ4n) is 2.32. The van der Waals surface area contributed by atoms with Crippen molar-refractivity contribution in [3.63, 3.8) is 0 Å². The minimum atomic E-state index is 0.0892. The first kappa shape index (κ1) is 14.1. The molecule has 0 bridgehead atoms. The van der Waals surface area contributed by atoms with E-state index >= 15 is 0 Å². The van der Waals surface area contributed by atoms with E-state index in [1.54, 1.807) is 7.11 Å². The molecule has 1 unspecified atom stereocenters. The fourth-order valence-corrected chi connectivity index (χ4v) is 2.32. The maximum Gasteiger partial charge on any atom is 0.132 e. The van der Waals surface area contributed by atoms with Crippen LogP contribution < -0.4 is 4.74 Å². The third-order valence-corrected chi connectivity index (χ3v) is 4.52. The zero-order valence-electron chi connectivity index (χ0n) is 12.8. The van der Waals surface area contributed by atoms with Gasteiger partial charge in [-0.3, -0.25) is 0 Å². The SMILES string of the molecule is BC(n1ccc2cc(OC)ccc21)[C@@](B)(C)N(C)C. The Kier molecular flexibility index (Phi) is 3.68. The van der Waals surface area contributed by atoms with Crippen LogP contribution in [0, 0.1) is 0 Å². The molecular weight excluding hydrogens is 234 g/mol. The van der Waals surface area contributed by atoms with E-state index in [4.69, 9.17) is 4.74 Å². The van der Waals surface area contributed by atoms with Gasteiger partial charge in [0, 0.05) is 23.0 Å². The number of hydrogen-bond acceptors (Lipinski definition) is 2. The lowest BCUT2D eigenvalue weighted by atomic mass is 9.64. The Morgan fingerprint density at radius 2 is 2.00 bits per heavy atom. The van der Waals surface area contributed by atoms with Crippen LogP contribution in [0.3, 0.4) is 0 Å². The highest BCUT2D eigenvalue weighted by atomic mass is 16.5. The Morgan fingerprint density at radius 1 is 1.32 bits per heavy atom. The molecule has 0 aliphatic rings. The van der Waals surface area contributed by atoms with Crippen LogP contribution in [-0.2, 0) is 0 Å². The summed E-state index contributed by atoms with van der Waals surface area (Å²) in [6, 6.07) is 8.39. The van der Waals surface area contributed by atoms with Crippen molar-refractivity contribution < 1.29 is 4.74 Å². The molecule has 2 atom stereocenters. The van der Waals surface area contributed by atoms with Gasteiger partial charge in [0.2, 0.25) is 0 Å². The Balaban J connectivity index is 2.46. The summed E-state index contributed by atoms with van der Waals surface area (Å²) in [5.41, 5.74) is 1.34. The number of rotatable bonds is 4. The molecule has 100 valence electrons. The van der Waals surface area contributed by atoms with E-state index < -0.39 is 0 Å². The quantitative estimate of drug-likeness (QED) is 0.749. The number of methoxy groups -OCH3 is 1. The van der Waals surface area contributed by atoms with Gasteiger partial charge in [0.05, 0.1) is 7.11 Å². The Bertz CT molecular complexity index is 578. The van der Waals surface area contributed by atoms with Crippen LogP contribution in [0.2, 0.25) is 0 Å². The van der Waals surface area contributed by atoms with Gasteiger partial charge < -0.3 is 14.2 Å². The smallest absolute Gasteiger partial charge is 0.132 e. The van der Waals surface area contributed by atoms with Crippen molar-refractivity contribution in [1.82, 2.24) is 9.47 Å². The molecule has 0 saturated heterocycles. The van der Waals surface area contributed by atoms with E-state index in [-0.39, 0.29) is 5.44 Å². The van der Waals surface area contributed by atoms with Gasteiger partial charge in [0.15, 0.2) is 0 Å². The van der Waals surface area contributed by atoms with Gasteiger partial charge in [-0.2, -0.15) is 0 Å². The average Bonchev–Trinajstić information content (AvgIpc) is 2.79. The topological polar surface area (TPSA) is 17.4 Å². The van der Waals surface area contributed by atoms with Gasteiger partial charge in [-0.1, -0.05) is 6.92 Å². The molecule has 3 nitrogen and oxygen atoms in total. The van der Waals surface area contributed by atoms with Crippen LogP contribution in [0.5, 0.6) is 5.75 Å². The highest BCUT2D eigenvalue weighted by molar-refractivity contribution is 6.23. The van der Waals surface area contributed by atoms with Crippen molar-refractivity contribution in [2.45, 2.75) is 18.3 Å². The molecular formula is C14H22B2N2O. The first-order valence-corrected chi connectivity index (χ1v) is 6.70. The normalized spacial score (nSPS) is 16.5. The maximum absolute atomic E-state index is 5.28. The number of nitrogens with zero attached hydrogens (tertiary/aromatic N) is 2. The van der Waals surface area contributed by atoms with E-state index in [9.17, 15) is 0 Å². The number of aromatic nitrogens is 1. The van der Waals surface area contributed by atoms with E-state index in [0.717, 1.165) is 5.75 Å². The largest absolute Gasteiger partial charge is 0.497 e. The van der Waals surface area contributed by atoms with Crippen LogP contribution in [0.1, 0.15) is 12.9 Å². The summed E-state index contributed by atoms with van der Waals surface area (Å²) in [5.74, 6) is 1.29. The molecule has 1 aromatic carbocycles. The van der Waals surface area contributed by atoms with Crippen LogP contribution >= 0.6 is 0 Å².